The fourth-order valence-electron chi connectivity index (χ4n) is 2.88. The molecule has 6 heteroatoms. The number of fused-ring (bicyclic) bond motifs is 1. The number of rotatable bonds is 1. The second kappa shape index (κ2) is 5.07. The molecule has 4 heterocycles. The fourth-order valence-corrected chi connectivity index (χ4v) is 3.04. The number of hydrogen-bond donors (Lipinski definition) is 2. The third-order valence-corrected chi connectivity index (χ3v) is 4.14. The van der Waals surface area contributed by atoms with Gasteiger partial charge in [0.1, 0.15) is 5.65 Å². The monoisotopic (exact) mass is 301 g/mol. The second-order valence-electron chi connectivity index (χ2n) is 5.42. The number of guanidine groups is 1. The van der Waals surface area contributed by atoms with E-state index in [4.69, 9.17) is 11.6 Å². The Morgan fingerprint density at radius 1 is 1.29 bits per heavy atom. The van der Waals surface area contributed by atoms with Gasteiger partial charge in [0.05, 0.1) is 11.6 Å². The van der Waals surface area contributed by atoms with Crippen LogP contribution < -0.4 is 5.32 Å². The van der Waals surface area contributed by atoms with Crippen LogP contribution in [0.4, 0.5) is 0 Å². The number of aromatic amines is 1. The Morgan fingerprint density at radius 3 is 3.00 bits per heavy atom. The van der Waals surface area contributed by atoms with Gasteiger partial charge < -0.3 is 15.2 Å². The van der Waals surface area contributed by atoms with Crippen molar-refractivity contribution in [1.29, 1.82) is 0 Å². The van der Waals surface area contributed by atoms with Crippen LogP contribution in [0.3, 0.4) is 0 Å². The normalized spacial score (nSPS) is 20.3. The fraction of sp³-hybridized carbons (Fsp3) is 0.333. The number of aliphatic imine (C=N–C) groups is 1. The highest BCUT2D eigenvalue weighted by molar-refractivity contribution is 6.31. The third-order valence-electron chi connectivity index (χ3n) is 3.94. The van der Waals surface area contributed by atoms with Crippen molar-refractivity contribution in [3.05, 3.63) is 34.7 Å². The molecule has 1 fully saturated rings. The standard InChI is InChI=1S/C15H16ClN5/c16-11-6-13-10(7-17-14(13)18-8-11)5-12-9-19-15(20-12)21-3-1-2-4-21/h5-8H,1-4,9H2,(H,17,18)(H,19,20)/b12-5-. The molecule has 108 valence electrons. The zero-order valence-corrected chi connectivity index (χ0v) is 12.3. The molecule has 2 aromatic rings. The minimum Gasteiger partial charge on any atom is -0.346 e. The predicted molar refractivity (Wildman–Crippen MR) is 85.3 cm³/mol. The van der Waals surface area contributed by atoms with Crippen molar-refractivity contribution in [3.63, 3.8) is 0 Å². The van der Waals surface area contributed by atoms with Crippen molar-refractivity contribution in [1.82, 2.24) is 20.2 Å². The summed E-state index contributed by atoms with van der Waals surface area (Å²) in [5, 5.41) is 5.10. The number of H-pyrrole nitrogens is 1. The SMILES string of the molecule is Clc1cnc2[nH]cc(/C=C3/CN=C(N4CCCC4)N3)c2c1. The number of nitrogens with zero attached hydrogens (tertiary/aromatic N) is 3. The van der Waals surface area contributed by atoms with E-state index in [0.717, 1.165) is 41.3 Å². The first-order chi connectivity index (χ1) is 10.3. The van der Waals surface area contributed by atoms with Gasteiger partial charge in [-0.3, -0.25) is 0 Å². The first-order valence-corrected chi connectivity index (χ1v) is 7.57. The van der Waals surface area contributed by atoms with Gasteiger partial charge >= 0.3 is 0 Å². The smallest absolute Gasteiger partial charge is 0.198 e. The summed E-state index contributed by atoms with van der Waals surface area (Å²) in [6, 6.07) is 1.93. The van der Waals surface area contributed by atoms with Crippen molar-refractivity contribution in [3.8, 4) is 0 Å². The zero-order chi connectivity index (χ0) is 14.2. The highest BCUT2D eigenvalue weighted by atomic mass is 35.5. The first-order valence-electron chi connectivity index (χ1n) is 7.19. The number of halogens is 1. The van der Waals surface area contributed by atoms with Gasteiger partial charge in [-0.05, 0) is 25.0 Å². The lowest BCUT2D eigenvalue weighted by atomic mass is 10.2. The molecule has 4 rings (SSSR count). The number of pyridine rings is 1. The molecule has 0 saturated carbocycles. The maximum Gasteiger partial charge on any atom is 0.198 e. The van der Waals surface area contributed by atoms with Crippen molar-refractivity contribution >= 4 is 34.7 Å². The van der Waals surface area contributed by atoms with Crippen LogP contribution in [0, 0.1) is 0 Å². The molecule has 21 heavy (non-hydrogen) atoms. The van der Waals surface area contributed by atoms with Crippen molar-refractivity contribution in [2.24, 2.45) is 4.99 Å². The Morgan fingerprint density at radius 2 is 2.14 bits per heavy atom. The molecule has 1 saturated heterocycles. The Labute approximate surface area is 127 Å². The molecule has 2 aliphatic heterocycles. The van der Waals surface area contributed by atoms with Crippen molar-refractivity contribution in [2.45, 2.75) is 12.8 Å². The molecule has 0 atom stereocenters. The maximum absolute atomic E-state index is 6.03. The van der Waals surface area contributed by atoms with E-state index in [2.05, 4.69) is 31.3 Å². The molecule has 0 aliphatic carbocycles. The maximum atomic E-state index is 6.03. The van der Waals surface area contributed by atoms with Crippen LogP contribution >= 0.6 is 11.6 Å². The molecule has 0 aromatic carbocycles. The quantitative estimate of drug-likeness (QED) is 0.851. The molecule has 0 amide bonds. The van der Waals surface area contributed by atoms with E-state index in [9.17, 15) is 0 Å². The van der Waals surface area contributed by atoms with E-state index < -0.39 is 0 Å². The second-order valence-corrected chi connectivity index (χ2v) is 5.86. The summed E-state index contributed by atoms with van der Waals surface area (Å²) < 4.78 is 0. The molecule has 0 radical (unpaired) electrons. The molecule has 2 N–H and O–H groups in total. The summed E-state index contributed by atoms with van der Waals surface area (Å²) in [6.45, 7) is 2.91. The van der Waals surface area contributed by atoms with E-state index >= 15 is 0 Å². The van der Waals surface area contributed by atoms with Crippen LogP contribution in [0.2, 0.25) is 5.02 Å². The van der Waals surface area contributed by atoms with Gasteiger partial charge in [-0.1, -0.05) is 11.6 Å². The average Bonchev–Trinajstić information content (AvgIpc) is 3.20. The summed E-state index contributed by atoms with van der Waals surface area (Å²) in [5.74, 6) is 1.01. The number of nitrogens with one attached hydrogen (secondary N) is 2. The van der Waals surface area contributed by atoms with Crippen LogP contribution in [0.5, 0.6) is 0 Å². The Balaban J connectivity index is 1.59. The Bertz CT molecular complexity index is 740. The van der Waals surface area contributed by atoms with Crippen LogP contribution in [0.25, 0.3) is 17.1 Å². The van der Waals surface area contributed by atoms with Gasteiger partial charge in [0.15, 0.2) is 5.96 Å². The van der Waals surface area contributed by atoms with Gasteiger partial charge in [-0.15, -0.1) is 0 Å². The topological polar surface area (TPSA) is 56.3 Å². The molecular formula is C15H16ClN5. The summed E-state index contributed by atoms with van der Waals surface area (Å²) in [5.41, 5.74) is 3.04. The van der Waals surface area contributed by atoms with E-state index in [0.29, 0.717) is 11.6 Å². The van der Waals surface area contributed by atoms with E-state index in [1.54, 1.807) is 6.20 Å². The molecule has 0 unspecified atom stereocenters. The first kappa shape index (κ1) is 12.7. The van der Waals surface area contributed by atoms with Crippen LogP contribution in [0.1, 0.15) is 18.4 Å². The van der Waals surface area contributed by atoms with Crippen molar-refractivity contribution in [2.75, 3.05) is 19.6 Å². The van der Waals surface area contributed by atoms with Gasteiger partial charge in [0.25, 0.3) is 0 Å². The average molecular weight is 302 g/mol. The van der Waals surface area contributed by atoms with E-state index in [1.165, 1.54) is 12.8 Å². The van der Waals surface area contributed by atoms with Gasteiger partial charge in [0.2, 0.25) is 0 Å². The summed E-state index contributed by atoms with van der Waals surface area (Å²) in [6.07, 6.45) is 8.23. The lowest BCUT2D eigenvalue weighted by Gasteiger charge is -2.16. The van der Waals surface area contributed by atoms with E-state index in [-0.39, 0.29) is 0 Å². The largest absolute Gasteiger partial charge is 0.346 e. The van der Waals surface area contributed by atoms with Crippen LogP contribution in [-0.2, 0) is 0 Å². The Hall–Kier alpha value is -2.01. The molecule has 0 bridgehead atoms. The lowest BCUT2D eigenvalue weighted by Crippen LogP contribution is -2.35. The number of aromatic nitrogens is 2. The van der Waals surface area contributed by atoms with E-state index in [1.807, 2.05) is 12.3 Å². The number of likely N-dealkylation sites (tertiary alicyclic amines) is 1. The molecule has 2 aromatic heterocycles. The van der Waals surface area contributed by atoms with Gasteiger partial charge in [-0.25, -0.2) is 9.98 Å². The van der Waals surface area contributed by atoms with Crippen LogP contribution in [0.15, 0.2) is 29.1 Å². The molecular weight excluding hydrogens is 286 g/mol. The summed E-state index contributed by atoms with van der Waals surface area (Å²) in [4.78, 5) is 14.3. The zero-order valence-electron chi connectivity index (χ0n) is 11.6. The lowest BCUT2D eigenvalue weighted by molar-refractivity contribution is 0.507. The highest BCUT2D eigenvalue weighted by Crippen LogP contribution is 2.23. The molecule has 0 spiro atoms. The third kappa shape index (κ3) is 2.38. The number of hydrogen-bond acceptors (Lipinski definition) is 4. The van der Waals surface area contributed by atoms with Crippen molar-refractivity contribution < 1.29 is 0 Å². The minimum atomic E-state index is 0.648. The van der Waals surface area contributed by atoms with Gasteiger partial charge in [0, 0.05) is 42.1 Å². The van der Waals surface area contributed by atoms with Crippen LogP contribution in [-0.4, -0.2) is 40.5 Å². The highest BCUT2D eigenvalue weighted by Gasteiger charge is 2.20. The van der Waals surface area contributed by atoms with Gasteiger partial charge in [-0.2, -0.15) is 0 Å². The summed E-state index contributed by atoms with van der Waals surface area (Å²) >= 11 is 6.03. The Kier molecular flexibility index (Phi) is 3.07. The summed E-state index contributed by atoms with van der Waals surface area (Å²) in [7, 11) is 0. The predicted octanol–water partition coefficient (Wildman–Crippen LogP) is 2.61. The molecule has 5 nitrogen and oxygen atoms in total. The molecule has 2 aliphatic rings. The minimum absolute atomic E-state index is 0.648.